The van der Waals surface area contributed by atoms with Crippen LogP contribution >= 0.6 is 15.2 Å². The van der Waals surface area contributed by atoms with Crippen molar-refractivity contribution in [1.82, 2.24) is 15.5 Å². The number of piperidine rings is 1. The zero-order valence-corrected chi connectivity index (χ0v) is 23.3. The van der Waals surface area contributed by atoms with Gasteiger partial charge in [0.2, 0.25) is 11.4 Å². The number of nitrogens with zero attached hydrogens (tertiary/aromatic N) is 1. The number of epoxide rings is 1. The number of carbonyl (C=O) groups excluding carboxylic acids is 3. The van der Waals surface area contributed by atoms with Crippen molar-refractivity contribution in [1.29, 1.82) is 0 Å². The summed E-state index contributed by atoms with van der Waals surface area (Å²) in [4.78, 5) is 76.1. The first-order chi connectivity index (χ1) is 17.0. The summed E-state index contributed by atoms with van der Waals surface area (Å²) in [5.74, 6) is -1.16. The van der Waals surface area contributed by atoms with Crippen molar-refractivity contribution < 1.29 is 52.6 Å². The third kappa shape index (κ3) is 10.0. The van der Waals surface area contributed by atoms with Gasteiger partial charge in [-0.25, -0.2) is 4.79 Å². The van der Waals surface area contributed by atoms with Crippen molar-refractivity contribution in [2.45, 2.75) is 83.3 Å². The van der Waals surface area contributed by atoms with Gasteiger partial charge in [0.15, 0.2) is 12.2 Å². The van der Waals surface area contributed by atoms with E-state index in [2.05, 4.69) is 10.6 Å². The van der Waals surface area contributed by atoms with Gasteiger partial charge in [0.25, 0.3) is 5.91 Å². The van der Waals surface area contributed by atoms with Crippen LogP contribution in [0.15, 0.2) is 0 Å². The monoisotopic (exact) mass is 571 g/mol. The number of hydrogen-bond donors (Lipinski definition) is 6. The molecule has 2 aliphatic rings. The van der Waals surface area contributed by atoms with E-state index in [1.54, 1.807) is 0 Å². The quantitative estimate of drug-likeness (QED) is 0.0986. The van der Waals surface area contributed by atoms with E-state index in [4.69, 9.17) is 9.47 Å². The maximum atomic E-state index is 12.6. The molecule has 0 unspecified atom stereocenters. The Balaban J connectivity index is 1.85. The number of hydrogen-bond acceptors (Lipinski definition) is 8. The minimum absolute atomic E-state index is 0.0822. The van der Waals surface area contributed by atoms with Crippen molar-refractivity contribution in [2.75, 3.05) is 19.6 Å². The van der Waals surface area contributed by atoms with Crippen molar-refractivity contribution in [3.8, 4) is 0 Å². The highest BCUT2D eigenvalue weighted by Crippen LogP contribution is 2.61. The lowest BCUT2D eigenvalue weighted by molar-refractivity contribution is -0.152. The smallest absolute Gasteiger partial charge is 0.354 e. The fourth-order valence-corrected chi connectivity index (χ4v) is 7.01. The molecule has 6 N–H and O–H groups in total. The summed E-state index contributed by atoms with van der Waals surface area (Å²) < 4.78 is 33.7. The topological polar surface area (TPSA) is 215 Å². The molecular weight excluding hydrogens is 532 g/mol. The maximum Gasteiger partial charge on any atom is 0.354 e. The van der Waals surface area contributed by atoms with Crippen LogP contribution in [0, 0.1) is 11.8 Å². The van der Waals surface area contributed by atoms with Gasteiger partial charge in [-0.15, -0.1) is 0 Å². The molecule has 0 saturated carbocycles. The van der Waals surface area contributed by atoms with E-state index in [0.29, 0.717) is 18.9 Å². The van der Waals surface area contributed by atoms with Gasteiger partial charge in [0.05, 0.1) is 0 Å². The Morgan fingerprint density at radius 3 is 2.03 bits per heavy atom. The molecular formula is C21H39N3O11P2. The summed E-state index contributed by atoms with van der Waals surface area (Å²) in [6.07, 6.45) is -1.54. The van der Waals surface area contributed by atoms with Crippen molar-refractivity contribution in [2.24, 2.45) is 11.8 Å². The molecule has 2 fully saturated rings. The molecule has 0 radical (unpaired) electrons. The Hall–Kier alpha value is -1.37. The van der Waals surface area contributed by atoms with Gasteiger partial charge >= 0.3 is 21.2 Å². The normalized spacial score (nSPS) is 22.2. The van der Waals surface area contributed by atoms with Crippen LogP contribution in [0.4, 0.5) is 0 Å². The van der Waals surface area contributed by atoms with Crippen LogP contribution in [-0.4, -0.2) is 91.8 Å². The Bertz CT molecular complexity index is 889. The van der Waals surface area contributed by atoms with Crippen LogP contribution < -0.4 is 10.6 Å². The molecule has 0 aromatic carbocycles. The fourth-order valence-electron chi connectivity index (χ4n) is 4.13. The number of nitrogens with one attached hydrogen (secondary N) is 2. The summed E-state index contributed by atoms with van der Waals surface area (Å²) in [5.41, 5.74) is -2.25. The predicted octanol–water partition coefficient (Wildman–Crippen LogP) is 0.0936. The van der Waals surface area contributed by atoms with Gasteiger partial charge in [0.1, 0.15) is 12.1 Å². The molecule has 2 heterocycles. The first kappa shape index (κ1) is 31.8. The Labute approximate surface area is 216 Å². The SMILES string of the molecule is CC(C)CCNC(=O)[C@H](CC(C)C)NC(=O)[C@H]1O[C@@H]1C(=O)OC1CCN(C(P(=O)(O)O)P(=O)(O)O)CC1. The molecule has 0 bridgehead atoms. The van der Waals surface area contributed by atoms with E-state index in [9.17, 15) is 43.1 Å². The molecule has 2 amide bonds. The lowest BCUT2D eigenvalue weighted by Gasteiger charge is -2.37. The minimum Gasteiger partial charge on any atom is -0.460 e. The lowest BCUT2D eigenvalue weighted by atomic mass is 10.0. The van der Waals surface area contributed by atoms with Crippen LogP contribution in [-0.2, 0) is 33.0 Å². The summed E-state index contributed by atoms with van der Waals surface area (Å²) in [7, 11) is -10.2. The van der Waals surface area contributed by atoms with Crippen molar-refractivity contribution >= 4 is 33.0 Å². The van der Waals surface area contributed by atoms with Crippen LogP contribution in [0.3, 0.4) is 0 Å². The summed E-state index contributed by atoms with van der Waals surface area (Å²) in [5, 5.41) is 5.46. The Morgan fingerprint density at radius 2 is 1.54 bits per heavy atom. The lowest BCUT2D eigenvalue weighted by Crippen LogP contribution is -2.49. The second-order valence-electron chi connectivity index (χ2n) is 10.3. The third-order valence-corrected chi connectivity index (χ3v) is 9.69. The zero-order valence-electron chi connectivity index (χ0n) is 21.5. The number of ether oxygens (including phenoxy) is 2. The minimum atomic E-state index is -5.12. The molecule has 214 valence electrons. The molecule has 0 spiro atoms. The number of esters is 1. The summed E-state index contributed by atoms with van der Waals surface area (Å²) in [6.45, 7) is 8.16. The van der Waals surface area contributed by atoms with Crippen LogP contribution in [0.25, 0.3) is 0 Å². The van der Waals surface area contributed by atoms with E-state index < -0.39 is 56.9 Å². The first-order valence-corrected chi connectivity index (χ1v) is 15.7. The molecule has 2 rings (SSSR count). The van der Waals surface area contributed by atoms with Gasteiger partial charge in [-0.1, -0.05) is 27.7 Å². The molecule has 0 aliphatic carbocycles. The number of carbonyl (C=O) groups is 3. The molecule has 3 atom stereocenters. The first-order valence-electron chi connectivity index (χ1n) is 12.3. The van der Waals surface area contributed by atoms with E-state index in [1.807, 2.05) is 27.7 Å². The molecule has 0 aromatic rings. The highest BCUT2D eigenvalue weighted by atomic mass is 31.2. The highest BCUT2D eigenvalue weighted by molar-refractivity contribution is 7.70. The molecule has 2 saturated heterocycles. The van der Waals surface area contributed by atoms with Crippen LogP contribution in [0.2, 0.25) is 0 Å². The molecule has 0 aromatic heterocycles. The molecule has 37 heavy (non-hydrogen) atoms. The standard InChI is InChI=1S/C21H39N3O11P2/c1-12(2)5-8-22-18(25)15(11-13(3)4)23-19(26)16-17(35-16)20(27)34-14-6-9-24(10-7-14)21(36(28,29)30)37(31,32)33/h12-17,21H,5-11H2,1-4H3,(H,22,25)(H,23,26)(H2,28,29,30)(H2,31,32,33)/t15-,16-,17-/m0/s1. The molecule has 14 nitrogen and oxygen atoms in total. The molecule has 2 aliphatic heterocycles. The van der Waals surface area contributed by atoms with E-state index in [0.717, 1.165) is 11.3 Å². The van der Waals surface area contributed by atoms with E-state index in [1.165, 1.54) is 0 Å². The number of amides is 2. The van der Waals surface area contributed by atoms with E-state index in [-0.39, 0.29) is 37.8 Å². The Kier molecular flexibility index (Phi) is 11.3. The number of rotatable bonds is 13. The average Bonchev–Trinajstić information content (AvgIpc) is 3.53. The second kappa shape index (κ2) is 13.1. The third-order valence-electron chi connectivity index (χ3n) is 6.03. The number of likely N-dealkylation sites (tertiary alicyclic amines) is 1. The summed E-state index contributed by atoms with van der Waals surface area (Å²) >= 11 is 0. The fraction of sp³-hybridized carbons (Fsp3) is 0.857. The van der Waals surface area contributed by atoms with Gasteiger partial charge in [0, 0.05) is 19.6 Å². The van der Waals surface area contributed by atoms with Crippen LogP contribution in [0.5, 0.6) is 0 Å². The summed E-state index contributed by atoms with van der Waals surface area (Å²) in [6, 6.07) is -0.777. The zero-order chi connectivity index (χ0) is 28.1. The molecule has 16 heteroatoms. The average molecular weight is 572 g/mol. The van der Waals surface area contributed by atoms with Gasteiger partial charge < -0.3 is 39.7 Å². The maximum absolute atomic E-state index is 12.6. The van der Waals surface area contributed by atoms with Crippen molar-refractivity contribution in [3.63, 3.8) is 0 Å². The predicted molar refractivity (Wildman–Crippen MR) is 131 cm³/mol. The van der Waals surface area contributed by atoms with Gasteiger partial charge in [-0.05, 0) is 37.5 Å². The highest BCUT2D eigenvalue weighted by Gasteiger charge is 2.53. The second-order valence-corrected chi connectivity index (χ2v) is 14.1. The largest absolute Gasteiger partial charge is 0.460 e. The Morgan fingerprint density at radius 1 is 0.973 bits per heavy atom. The van der Waals surface area contributed by atoms with Crippen molar-refractivity contribution in [3.05, 3.63) is 0 Å². The van der Waals surface area contributed by atoms with Crippen LogP contribution in [0.1, 0.15) is 53.4 Å². The van der Waals surface area contributed by atoms with E-state index >= 15 is 0 Å². The van der Waals surface area contributed by atoms with Gasteiger partial charge in [-0.2, -0.15) is 0 Å². The van der Waals surface area contributed by atoms with Gasteiger partial charge in [-0.3, -0.25) is 23.6 Å².